The van der Waals surface area contributed by atoms with Crippen LogP contribution in [0, 0.1) is 16.7 Å². The molecule has 210 valence electrons. The lowest BCUT2D eigenvalue weighted by atomic mass is 9.53. The lowest BCUT2D eigenvalue weighted by Crippen LogP contribution is -2.57. The second-order valence-corrected chi connectivity index (χ2v) is 11.7. The van der Waals surface area contributed by atoms with Crippen LogP contribution in [0.3, 0.4) is 0 Å². The molecule has 10 heteroatoms. The smallest absolute Gasteiger partial charge is 0.340 e. The van der Waals surface area contributed by atoms with E-state index in [1.165, 1.54) is 14.0 Å². The number of hydrogen-bond acceptors (Lipinski definition) is 10. The van der Waals surface area contributed by atoms with E-state index in [2.05, 4.69) is 0 Å². The number of ketones is 1. The molecule has 38 heavy (non-hydrogen) atoms. The number of hydrogen-bond donors (Lipinski definition) is 2. The molecular weight excluding hydrogens is 492 g/mol. The van der Waals surface area contributed by atoms with Gasteiger partial charge in [0.2, 0.25) is 5.78 Å². The molecule has 0 spiro atoms. The highest BCUT2D eigenvalue weighted by Crippen LogP contribution is 2.63. The van der Waals surface area contributed by atoms with Crippen molar-refractivity contribution in [2.75, 3.05) is 47.9 Å². The Morgan fingerprint density at radius 1 is 1.18 bits per heavy atom. The van der Waals surface area contributed by atoms with Crippen molar-refractivity contribution in [1.82, 2.24) is 9.80 Å². The van der Waals surface area contributed by atoms with E-state index in [0.29, 0.717) is 37.0 Å². The van der Waals surface area contributed by atoms with Crippen LogP contribution in [-0.2, 0) is 28.6 Å². The minimum Gasteiger partial charge on any atom is -0.504 e. The van der Waals surface area contributed by atoms with Gasteiger partial charge in [-0.25, -0.2) is 4.79 Å². The number of carbonyl (C=O) groups is 3. The lowest BCUT2D eigenvalue weighted by molar-refractivity contribution is -0.161. The summed E-state index contributed by atoms with van der Waals surface area (Å²) >= 11 is 0. The van der Waals surface area contributed by atoms with Crippen LogP contribution in [-0.4, -0.2) is 104 Å². The van der Waals surface area contributed by atoms with E-state index in [0.717, 1.165) is 6.54 Å². The number of nitrogens with zero attached hydrogens (tertiary/aromatic N) is 2. The Balaban J connectivity index is 1.95. The van der Waals surface area contributed by atoms with E-state index < -0.39 is 52.6 Å². The zero-order valence-corrected chi connectivity index (χ0v) is 23.4. The molecule has 0 aromatic heterocycles. The number of carbonyl (C=O) groups excluding carboxylic acids is 3. The summed E-state index contributed by atoms with van der Waals surface area (Å²) < 4.78 is 17.2. The molecule has 0 amide bonds. The summed E-state index contributed by atoms with van der Waals surface area (Å²) in [6.45, 7) is 6.33. The molecule has 4 rings (SSSR count). The molecule has 1 saturated heterocycles. The first-order chi connectivity index (χ1) is 17.8. The van der Waals surface area contributed by atoms with Crippen LogP contribution >= 0.6 is 0 Å². The largest absolute Gasteiger partial charge is 0.504 e. The summed E-state index contributed by atoms with van der Waals surface area (Å²) in [7, 11) is 7.18. The number of likely N-dealkylation sites (N-methyl/N-ethyl adjacent to an activating group) is 2. The van der Waals surface area contributed by atoms with Gasteiger partial charge in [0.1, 0.15) is 12.2 Å². The maximum Gasteiger partial charge on any atom is 0.340 e. The Labute approximate surface area is 223 Å². The van der Waals surface area contributed by atoms with Gasteiger partial charge in [0.15, 0.2) is 5.76 Å². The standard InChI is InChI=1S/C28H40N2O8/c1-15(31)37-18-12-27(2)17(8-9-19(27)32)21-23(18)28(3)20(14-36-7)38-26(35)16(22(28)25(34)24(21)33)13-30(6)11-10-29(4)5/h13,17-20,32,34H,8-12,14H2,1-7H3/b16-13-. The number of aliphatic hydroxyl groups excluding tert-OH is 2. The third kappa shape index (κ3) is 4.36. The van der Waals surface area contributed by atoms with Crippen molar-refractivity contribution < 1.29 is 38.8 Å². The summed E-state index contributed by atoms with van der Waals surface area (Å²) in [5.41, 5.74) is -0.797. The number of aliphatic hydroxyl groups is 2. The molecule has 4 aliphatic rings. The second kappa shape index (κ2) is 10.1. The molecule has 2 fully saturated rings. The maximum absolute atomic E-state index is 14.0. The minimum atomic E-state index is -1.21. The van der Waals surface area contributed by atoms with Gasteiger partial charge in [-0.05, 0) is 51.8 Å². The number of methoxy groups -OCH3 is 1. The fourth-order valence-electron chi connectivity index (χ4n) is 6.92. The third-order valence-corrected chi connectivity index (χ3v) is 8.91. The zero-order chi connectivity index (χ0) is 28.2. The number of ether oxygens (including phenoxy) is 3. The van der Waals surface area contributed by atoms with Crippen LogP contribution in [0.15, 0.2) is 34.3 Å². The Hall–Kier alpha value is -2.69. The van der Waals surface area contributed by atoms with Gasteiger partial charge in [-0.2, -0.15) is 0 Å². The van der Waals surface area contributed by atoms with Crippen LogP contribution in [0.4, 0.5) is 0 Å². The summed E-state index contributed by atoms with van der Waals surface area (Å²) in [6.07, 6.45) is 0.537. The Morgan fingerprint density at radius 2 is 1.87 bits per heavy atom. The van der Waals surface area contributed by atoms with E-state index >= 15 is 0 Å². The average Bonchev–Trinajstić information content (AvgIpc) is 3.12. The summed E-state index contributed by atoms with van der Waals surface area (Å²) in [5.74, 6) is -2.64. The van der Waals surface area contributed by atoms with Gasteiger partial charge in [-0.3, -0.25) is 9.59 Å². The fourth-order valence-corrected chi connectivity index (χ4v) is 6.92. The van der Waals surface area contributed by atoms with Gasteiger partial charge in [0.05, 0.1) is 23.7 Å². The third-order valence-electron chi connectivity index (χ3n) is 8.91. The molecule has 6 atom stereocenters. The molecule has 0 aromatic carbocycles. The van der Waals surface area contributed by atoms with Crippen molar-refractivity contribution >= 4 is 17.7 Å². The summed E-state index contributed by atoms with van der Waals surface area (Å²) in [6, 6.07) is 0. The van der Waals surface area contributed by atoms with E-state index in [4.69, 9.17) is 14.2 Å². The number of Topliss-reactive ketones (excluding diaryl/α,β-unsaturated/α-hetero) is 1. The van der Waals surface area contributed by atoms with Gasteiger partial charge >= 0.3 is 11.9 Å². The maximum atomic E-state index is 14.0. The summed E-state index contributed by atoms with van der Waals surface area (Å²) in [4.78, 5) is 43.4. The molecule has 3 aliphatic carbocycles. The van der Waals surface area contributed by atoms with Crippen LogP contribution in [0.1, 0.15) is 40.0 Å². The molecular formula is C28H40N2O8. The molecule has 1 heterocycles. The zero-order valence-electron chi connectivity index (χ0n) is 23.4. The Morgan fingerprint density at radius 3 is 2.47 bits per heavy atom. The number of esters is 2. The van der Waals surface area contributed by atoms with Crippen LogP contribution in [0.2, 0.25) is 0 Å². The number of cyclic esters (lactones) is 1. The van der Waals surface area contributed by atoms with Crippen molar-refractivity contribution in [3.05, 3.63) is 34.3 Å². The lowest BCUT2D eigenvalue weighted by Gasteiger charge is -2.54. The first kappa shape index (κ1) is 28.3. The SMILES string of the molecule is COCC1OC(=O)/C(=C\N(C)CCN(C)C)C2=C(O)C(=O)C3=C(C(OC(C)=O)CC4(C)C(O)CCC34)C21C. The van der Waals surface area contributed by atoms with Gasteiger partial charge in [-0.1, -0.05) is 6.92 Å². The molecule has 0 radical (unpaired) electrons. The van der Waals surface area contributed by atoms with Crippen LogP contribution in [0.25, 0.3) is 0 Å². The highest BCUT2D eigenvalue weighted by molar-refractivity contribution is 6.13. The Kier molecular flexibility index (Phi) is 7.55. The average molecular weight is 533 g/mol. The monoisotopic (exact) mass is 532 g/mol. The predicted molar refractivity (Wildman–Crippen MR) is 138 cm³/mol. The second-order valence-electron chi connectivity index (χ2n) is 11.7. The molecule has 1 aliphatic heterocycles. The van der Waals surface area contributed by atoms with Crippen molar-refractivity contribution in [2.24, 2.45) is 16.7 Å². The predicted octanol–water partition coefficient (Wildman–Crippen LogP) is 1.75. The molecule has 2 N–H and O–H groups in total. The van der Waals surface area contributed by atoms with Crippen molar-refractivity contribution in [1.29, 1.82) is 0 Å². The van der Waals surface area contributed by atoms with Crippen molar-refractivity contribution in [2.45, 2.75) is 58.3 Å². The fraction of sp³-hybridized carbons (Fsp3) is 0.679. The van der Waals surface area contributed by atoms with Crippen molar-refractivity contribution in [3.63, 3.8) is 0 Å². The Bertz CT molecular complexity index is 1120. The minimum absolute atomic E-state index is 0.00505. The van der Waals surface area contributed by atoms with Crippen molar-refractivity contribution in [3.8, 4) is 0 Å². The molecule has 6 unspecified atom stereocenters. The topological polar surface area (TPSA) is 126 Å². The van der Waals surface area contributed by atoms with Crippen LogP contribution in [0.5, 0.6) is 0 Å². The molecule has 10 nitrogen and oxygen atoms in total. The molecule has 0 aromatic rings. The van der Waals surface area contributed by atoms with Crippen LogP contribution < -0.4 is 0 Å². The highest BCUT2D eigenvalue weighted by Gasteiger charge is 2.64. The normalized spacial score (nSPS) is 35.8. The van der Waals surface area contributed by atoms with E-state index in [-0.39, 0.29) is 23.7 Å². The van der Waals surface area contributed by atoms with Gasteiger partial charge in [0, 0.05) is 56.9 Å². The number of fused-ring (bicyclic) bond motifs is 4. The molecule has 0 bridgehead atoms. The van der Waals surface area contributed by atoms with Gasteiger partial charge < -0.3 is 34.2 Å². The summed E-state index contributed by atoms with van der Waals surface area (Å²) in [5, 5.41) is 22.4. The van der Waals surface area contributed by atoms with E-state index in [1.54, 1.807) is 6.20 Å². The quantitative estimate of drug-likeness (QED) is 0.370. The van der Waals surface area contributed by atoms with E-state index in [1.807, 2.05) is 44.8 Å². The number of allylic oxidation sites excluding steroid dienone is 1. The first-order valence-corrected chi connectivity index (χ1v) is 13.1. The first-order valence-electron chi connectivity index (χ1n) is 13.1. The van der Waals surface area contributed by atoms with E-state index in [9.17, 15) is 24.6 Å². The molecule has 1 saturated carbocycles. The highest BCUT2D eigenvalue weighted by atomic mass is 16.6. The number of rotatable bonds is 7. The van der Waals surface area contributed by atoms with Gasteiger partial charge in [0.25, 0.3) is 0 Å². The van der Waals surface area contributed by atoms with Gasteiger partial charge in [-0.15, -0.1) is 0 Å².